The summed E-state index contributed by atoms with van der Waals surface area (Å²) in [5.41, 5.74) is 0.914. The lowest BCUT2D eigenvalue weighted by Crippen LogP contribution is -2.16. The van der Waals surface area contributed by atoms with Gasteiger partial charge in [0.15, 0.2) is 0 Å². The molecule has 0 N–H and O–H groups in total. The fourth-order valence-corrected chi connectivity index (χ4v) is 4.86. The first-order valence-corrected chi connectivity index (χ1v) is 12.0. The molecule has 1 saturated carbocycles. The van der Waals surface area contributed by atoms with E-state index in [-0.39, 0.29) is 17.2 Å². The summed E-state index contributed by atoms with van der Waals surface area (Å²) in [6.45, 7) is 2.19. The Morgan fingerprint density at radius 1 is 0.857 bits per heavy atom. The second kappa shape index (κ2) is 10.7. The Morgan fingerprint density at radius 2 is 1.51 bits per heavy atom. The predicted molar refractivity (Wildman–Crippen MR) is 127 cm³/mol. The zero-order chi connectivity index (χ0) is 25.0. The van der Waals surface area contributed by atoms with E-state index >= 15 is 0 Å². The molecule has 184 valence electrons. The van der Waals surface area contributed by atoms with Crippen LogP contribution < -0.4 is 4.74 Å². The first-order chi connectivity index (χ1) is 16.7. The van der Waals surface area contributed by atoms with Gasteiger partial charge in [0.1, 0.15) is 17.4 Å². The van der Waals surface area contributed by atoms with Gasteiger partial charge in [-0.3, -0.25) is 0 Å². The molecule has 3 aromatic rings. The van der Waals surface area contributed by atoms with E-state index in [1.165, 1.54) is 49.6 Å². The van der Waals surface area contributed by atoms with Gasteiger partial charge in [0.05, 0.1) is 5.56 Å². The monoisotopic (exact) mass is 486 g/mol. The molecule has 35 heavy (non-hydrogen) atoms. The fraction of sp³-hybridized carbons (Fsp3) is 0.379. The molecule has 0 spiro atoms. The summed E-state index contributed by atoms with van der Waals surface area (Å²) in [5.74, 6) is 4.59. The second-order valence-electron chi connectivity index (χ2n) is 9.24. The van der Waals surface area contributed by atoms with Crippen molar-refractivity contribution in [2.24, 2.45) is 5.92 Å². The maximum Gasteiger partial charge on any atom is 0.573 e. The van der Waals surface area contributed by atoms with Crippen molar-refractivity contribution in [2.45, 2.75) is 64.1 Å². The molecule has 0 aromatic heterocycles. The predicted octanol–water partition coefficient (Wildman–Crippen LogP) is 8.88. The van der Waals surface area contributed by atoms with Crippen molar-refractivity contribution in [2.75, 3.05) is 0 Å². The lowest BCUT2D eigenvalue weighted by molar-refractivity contribution is -0.274. The Balaban J connectivity index is 1.48. The maximum atomic E-state index is 14.8. The average molecular weight is 487 g/mol. The van der Waals surface area contributed by atoms with Crippen molar-refractivity contribution in [1.82, 2.24) is 0 Å². The summed E-state index contributed by atoms with van der Waals surface area (Å²) < 4.78 is 70.8. The first-order valence-electron chi connectivity index (χ1n) is 12.0. The minimum absolute atomic E-state index is 0.172. The summed E-state index contributed by atoms with van der Waals surface area (Å²) in [5, 5.41) is 1.17. The number of hydrogen-bond acceptors (Lipinski definition) is 1. The van der Waals surface area contributed by atoms with Gasteiger partial charge in [-0.25, -0.2) is 8.78 Å². The minimum Gasteiger partial charge on any atom is -0.406 e. The molecule has 0 unspecified atom stereocenters. The summed E-state index contributed by atoms with van der Waals surface area (Å²) >= 11 is 0. The van der Waals surface area contributed by atoms with E-state index in [0.29, 0.717) is 21.9 Å². The SMILES string of the molecule is CCCC[C@H]1CC[C@H](c2cc(F)c(C#Cc3ccc4cc(OC(F)(F)F)ccc4c3)c(F)c2)CC1. The van der Waals surface area contributed by atoms with Crippen LogP contribution in [0.25, 0.3) is 10.8 Å². The zero-order valence-electron chi connectivity index (χ0n) is 19.5. The van der Waals surface area contributed by atoms with E-state index in [9.17, 15) is 22.0 Å². The van der Waals surface area contributed by atoms with Crippen LogP contribution in [0.15, 0.2) is 48.5 Å². The highest BCUT2D eigenvalue weighted by Crippen LogP contribution is 2.38. The number of unbranched alkanes of at least 4 members (excludes halogenated alkanes) is 1. The van der Waals surface area contributed by atoms with Crippen molar-refractivity contribution in [3.05, 3.63) is 76.9 Å². The molecule has 0 heterocycles. The number of ether oxygens (including phenoxy) is 1. The first kappa shape index (κ1) is 25.0. The van der Waals surface area contributed by atoms with Gasteiger partial charge in [-0.15, -0.1) is 13.2 Å². The topological polar surface area (TPSA) is 9.23 Å². The van der Waals surface area contributed by atoms with E-state index < -0.39 is 18.0 Å². The third kappa shape index (κ3) is 6.54. The molecule has 0 saturated heterocycles. The van der Waals surface area contributed by atoms with Crippen LogP contribution in [-0.4, -0.2) is 6.36 Å². The van der Waals surface area contributed by atoms with Crippen LogP contribution in [0.3, 0.4) is 0 Å². The third-order valence-electron chi connectivity index (χ3n) is 6.73. The lowest BCUT2D eigenvalue weighted by atomic mass is 9.77. The molecule has 0 bridgehead atoms. The standard InChI is InChI=1S/C29H27F5O/c1-2-3-4-19-5-9-21(10-6-19)24-17-27(30)26(28(31)18-24)14-8-20-7-11-23-16-25(35-29(32,33)34)13-12-22(23)15-20/h7,11-13,15-19,21H,2-6,9-10H2,1H3/t19-,21-. The van der Waals surface area contributed by atoms with Crippen molar-refractivity contribution in [1.29, 1.82) is 0 Å². The Hall–Kier alpha value is -3.07. The van der Waals surface area contributed by atoms with Crippen LogP contribution >= 0.6 is 0 Å². The smallest absolute Gasteiger partial charge is 0.406 e. The number of rotatable bonds is 5. The number of hydrogen-bond donors (Lipinski definition) is 0. The zero-order valence-corrected chi connectivity index (χ0v) is 19.5. The highest BCUT2D eigenvalue weighted by atomic mass is 19.4. The fourth-order valence-electron chi connectivity index (χ4n) is 4.86. The molecule has 1 aliphatic rings. The highest BCUT2D eigenvalue weighted by Gasteiger charge is 2.31. The van der Waals surface area contributed by atoms with Crippen LogP contribution in [0.2, 0.25) is 0 Å². The molecule has 1 aliphatic carbocycles. The Morgan fingerprint density at radius 3 is 2.17 bits per heavy atom. The van der Waals surface area contributed by atoms with Crippen LogP contribution in [-0.2, 0) is 0 Å². The van der Waals surface area contributed by atoms with Gasteiger partial charge in [0.25, 0.3) is 0 Å². The largest absolute Gasteiger partial charge is 0.573 e. The number of halogens is 5. The molecular weight excluding hydrogens is 459 g/mol. The molecule has 0 aliphatic heterocycles. The Kier molecular flexibility index (Phi) is 7.64. The quantitative estimate of drug-likeness (QED) is 0.258. The van der Waals surface area contributed by atoms with Crippen LogP contribution in [0.1, 0.15) is 74.5 Å². The molecule has 1 fully saturated rings. The molecule has 0 atom stereocenters. The minimum atomic E-state index is -4.77. The van der Waals surface area contributed by atoms with Crippen molar-refractivity contribution in [3.63, 3.8) is 0 Å². The normalized spacial score (nSPS) is 18.2. The summed E-state index contributed by atoms with van der Waals surface area (Å²) in [7, 11) is 0. The summed E-state index contributed by atoms with van der Waals surface area (Å²) in [6.07, 6.45) is 2.99. The van der Waals surface area contributed by atoms with E-state index in [4.69, 9.17) is 0 Å². The van der Waals surface area contributed by atoms with E-state index in [2.05, 4.69) is 23.5 Å². The van der Waals surface area contributed by atoms with Gasteiger partial charge < -0.3 is 4.74 Å². The Labute approximate surface area is 202 Å². The van der Waals surface area contributed by atoms with Crippen LogP contribution in [0, 0.1) is 29.4 Å². The molecule has 0 radical (unpaired) electrons. The van der Waals surface area contributed by atoms with Crippen LogP contribution in [0.5, 0.6) is 5.75 Å². The maximum absolute atomic E-state index is 14.8. The number of fused-ring (bicyclic) bond motifs is 1. The van der Waals surface area contributed by atoms with Gasteiger partial charge in [0, 0.05) is 5.56 Å². The van der Waals surface area contributed by atoms with Gasteiger partial charge in [-0.05, 0) is 90.3 Å². The second-order valence-corrected chi connectivity index (χ2v) is 9.24. The van der Waals surface area contributed by atoms with E-state index in [0.717, 1.165) is 31.6 Å². The summed E-state index contributed by atoms with van der Waals surface area (Å²) in [4.78, 5) is 0. The van der Waals surface area contributed by atoms with Crippen LogP contribution in [0.4, 0.5) is 22.0 Å². The molecule has 6 heteroatoms. The number of benzene rings is 3. The molecular formula is C29H27F5O. The summed E-state index contributed by atoms with van der Waals surface area (Å²) in [6, 6.07) is 11.6. The van der Waals surface area contributed by atoms with Gasteiger partial charge in [0.2, 0.25) is 0 Å². The van der Waals surface area contributed by atoms with Gasteiger partial charge in [-0.2, -0.15) is 0 Å². The average Bonchev–Trinajstić information content (AvgIpc) is 2.81. The van der Waals surface area contributed by atoms with Crippen molar-refractivity contribution >= 4 is 10.8 Å². The van der Waals surface area contributed by atoms with E-state index in [1.807, 2.05) is 0 Å². The van der Waals surface area contributed by atoms with Crippen molar-refractivity contribution < 1.29 is 26.7 Å². The molecule has 4 rings (SSSR count). The molecule has 1 nitrogen and oxygen atoms in total. The molecule has 0 amide bonds. The lowest BCUT2D eigenvalue weighted by Gasteiger charge is -2.29. The molecule has 3 aromatic carbocycles. The van der Waals surface area contributed by atoms with Gasteiger partial charge >= 0.3 is 6.36 Å². The van der Waals surface area contributed by atoms with E-state index in [1.54, 1.807) is 18.2 Å². The highest BCUT2D eigenvalue weighted by molar-refractivity contribution is 5.85. The number of alkyl halides is 3. The van der Waals surface area contributed by atoms with Gasteiger partial charge in [-0.1, -0.05) is 50.2 Å². The van der Waals surface area contributed by atoms with Crippen molar-refractivity contribution in [3.8, 4) is 17.6 Å². The Bertz CT molecular complexity index is 1220. The third-order valence-corrected chi connectivity index (χ3v) is 6.73.